The van der Waals surface area contributed by atoms with Gasteiger partial charge in [0.2, 0.25) is 0 Å². The third-order valence-corrected chi connectivity index (χ3v) is 5.50. The van der Waals surface area contributed by atoms with Gasteiger partial charge in [0.1, 0.15) is 0 Å². The molecule has 2 bridgehead atoms. The normalized spacial score (nSPS) is 46.6. The summed E-state index contributed by atoms with van der Waals surface area (Å²) >= 11 is 5.92. The van der Waals surface area contributed by atoms with Gasteiger partial charge in [-0.15, -0.1) is 11.6 Å². The number of hydrogen-bond donors (Lipinski definition) is 0. The fourth-order valence-electron chi connectivity index (χ4n) is 4.12. The van der Waals surface area contributed by atoms with Gasteiger partial charge in [-0.1, -0.05) is 6.42 Å². The molecule has 3 aliphatic rings. The van der Waals surface area contributed by atoms with E-state index in [9.17, 15) is 0 Å². The highest BCUT2D eigenvalue weighted by Crippen LogP contribution is 2.48. The summed E-state index contributed by atoms with van der Waals surface area (Å²) in [5, 5.41) is 0. The Hall–Kier alpha value is 0.210. The predicted octanol–water partition coefficient (Wildman–Crippen LogP) is 2.75. The van der Waals surface area contributed by atoms with Gasteiger partial charge in [-0.3, -0.25) is 4.90 Å². The van der Waals surface area contributed by atoms with Crippen LogP contribution in [0, 0.1) is 17.8 Å². The second kappa shape index (κ2) is 5.07. The zero-order chi connectivity index (χ0) is 11.8. The molecule has 0 radical (unpaired) electrons. The average molecular weight is 258 g/mol. The third kappa shape index (κ3) is 2.50. The first kappa shape index (κ1) is 12.3. The van der Waals surface area contributed by atoms with Gasteiger partial charge in [0, 0.05) is 25.0 Å². The lowest BCUT2D eigenvalue weighted by molar-refractivity contribution is -0.0550. The predicted molar refractivity (Wildman–Crippen MR) is 70.4 cm³/mol. The first-order valence-corrected chi connectivity index (χ1v) is 7.71. The van der Waals surface area contributed by atoms with E-state index in [-0.39, 0.29) is 6.10 Å². The van der Waals surface area contributed by atoms with Crippen molar-refractivity contribution in [2.45, 2.75) is 44.8 Å². The minimum absolute atomic E-state index is 0.256. The smallest absolute Gasteiger partial charge is 0.0837 e. The Morgan fingerprint density at radius 3 is 2.82 bits per heavy atom. The van der Waals surface area contributed by atoms with Crippen molar-refractivity contribution in [2.75, 3.05) is 25.6 Å². The zero-order valence-corrected chi connectivity index (χ0v) is 11.5. The van der Waals surface area contributed by atoms with Gasteiger partial charge in [0.25, 0.3) is 0 Å². The second-order valence-corrected chi connectivity index (χ2v) is 6.66. The minimum atomic E-state index is 0.256. The van der Waals surface area contributed by atoms with E-state index >= 15 is 0 Å². The van der Waals surface area contributed by atoms with Crippen LogP contribution < -0.4 is 0 Å². The molecule has 1 saturated heterocycles. The van der Waals surface area contributed by atoms with E-state index in [0.29, 0.717) is 11.9 Å². The summed E-state index contributed by atoms with van der Waals surface area (Å²) in [6.07, 6.45) is 6.26. The first-order chi connectivity index (χ1) is 8.26. The van der Waals surface area contributed by atoms with Crippen molar-refractivity contribution in [3.63, 3.8) is 0 Å². The lowest BCUT2D eigenvalue weighted by Gasteiger charge is -2.40. The van der Waals surface area contributed by atoms with Crippen molar-refractivity contribution in [2.24, 2.45) is 17.8 Å². The summed E-state index contributed by atoms with van der Waals surface area (Å²) in [6.45, 7) is 5.48. The van der Waals surface area contributed by atoms with E-state index in [2.05, 4.69) is 11.8 Å². The molecule has 5 atom stereocenters. The number of hydrogen-bond acceptors (Lipinski definition) is 2. The van der Waals surface area contributed by atoms with Crippen LogP contribution in [0.3, 0.4) is 0 Å². The Labute approximate surface area is 110 Å². The lowest BCUT2D eigenvalue weighted by atomic mass is 9.88. The fourth-order valence-corrected chi connectivity index (χ4v) is 4.31. The monoisotopic (exact) mass is 257 g/mol. The SMILES string of the molecule is CC1COC(CCl)CN1CC1CC2CCC1C2. The van der Waals surface area contributed by atoms with Gasteiger partial charge in [0.15, 0.2) is 0 Å². The maximum Gasteiger partial charge on any atom is 0.0837 e. The Kier molecular flexibility index (Phi) is 3.65. The molecule has 3 heteroatoms. The Morgan fingerprint density at radius 1 is 1.29 bits per heavy atom. The van der Waals surface area contributed by atoms with Crippen molar-refractivity contribution in [3.05, 3.63) is 0 Å². The summed E-state index contributed by atoms with van der Waals surface area (Å²) in [5.41, 5.74) is 0. The first-order valence-electron chi connectivity index (χ1n) is 7.18. The average Bonchev–Trinajstić information content (AvgIpc) is 2.94. The highest BCUT2D eigenvalue weighted by Gasteiger charge is 2.41. The summed E-state index contributed by atoms with van der Waals surface area (Å²) < 4.78 is 5.72. The topological polar surface area (TPSA) is 12.5 Å². The maximum atomic E-state index is 5.92. The number of morpholine rings is 1. The summed E-state index contributed by atoms with van der Waals surface area (Å²) in [4.78, 5) is 2.63. The van der Waals surface area contributed by atoms with Crippen LogP contribution in [0.2, 0.25) is 0 Å². The van der Waals surface area contributed by atoms with Crippen LogP contribution in [0.4, 0.5) is 0 Å². The summed E-state index contributed by atoms with van der Waals surface area (Å²) in [6, 6.07) is 0.577. The van der Waals surface area contributed by atoms with E-state index in [1.807, 2.05) is 0 Å². The number of nitrogens with zero attached hydrogens (tertiary/aromatic N) is 1. The lowest BCUT2D eigenvalue weighted by Crippen LogP contribution is -2.50. The van der Waals surface area contributed by atoms with Gasteiger partial charge < -0.3 is 4.74 Å². The molecule has 1 heterocycles. The molecule has 98 valence electrons. The van der Waals surface area contributed by atoms with Gasteiger partial charge >= 0.3 is 0 Å². The van der Waals surface area contributed by atoms with E-state index in [1.54, 1.807) is 0 Å². The van der Waals surface area contributed by atoms with Crippen molar-refractivity contribution < 1.29 is 4.74 Å². The molecule has 5 unspecified atom stereocenters. The number of rotatable bonds is 3. The van der Waals surface area contributed by atoms with Crippen LogP contribution >= 0.6 is 11.6 Å². The van der Waals surface area contributed by atoms with Crippen LogP contribution in [-0.4, -0.2) is 42.6 Å². The number of halogens is 1. The molecule has 0 aromatic rings. The van der Waals surface area contributed by atoms with Crippen LogP contribution in [0.25, 0.3) is 0 Å². The molecule has 0 aromatic heterocycles. The van der Waals surface area contributed by atoms with Crippen LogP contribution in [0.5, 0.6) is 0 Å². The number of alkyl halides is 1. The largest absolute Gasteiger partial charge is 0.374 e. The molecule has 3 fully saturated rings. The van der Waals surface area contributed by atoms with Crippen LogP contribution in [-0.2, 0) is 4.74 Å². The fraction of sp³-hybridized carbons (Fsp3) is 1.00. The Balaban J connectivity index is 1.56. The molecule has 3 rings (SSSR count). The highest BCUT2D eigenvalue weighted by molar-refractivity contribution is 6.18. The van der Waals surface area contributed by atoms with Crippen LogP contribution in [0.15, 0.2) is 0 Å². The quantitative estimate of drug-likeness (QED) is 0.721. The molecule has 0 aromatic carbocycles. The van der Waals surface area contributed by atoms with Crippen molar-refractivity contribution >= 4 is 11.6 Å². The third-order valence-electron chi connectivity index (χ3n) is 5.16. The molecule has 17 heavy (non-hydrogen) atoms. The minimum Gasteiger partial charge on any atom is -0.374 e. The van der Waals surface area contributed by atoms with Gasteiger partial charge in [-0.25, -0.2) is 0 Å². The molecular formula is C14H24ClNO. The number of fused-ring (bicyclic) bond motifs is 2. The molecule has 2 saturated carbocycles. The van der Waals surface area contributed by atoms with Crippen molar-refractivity contribution in [3.8, 4) is 0 Å². The van der Waals surface area contributed by atoms with E-state index in [1.165, 1.54) is 32.2 Å². The van der Waals surface area contributed by atoms with Gasteiger partial charge in [0.05, 0.1) is 12.7 Å². The molecule has 2 aliphatic carbocycles. The van der Waals surface area contributed by atoms with Crippen molar-refractivity contribution in [1.82, 2.24) is 4.90 Å². The molecule has 0 N–H and O–H groups in total. The van der Waals surface area contributed by atoms with E-state index < -0.39 is 0 Å². The van der Waals surface area contributed by atoms with Gasteiger partial charge in [-0.2, -0.15) is 0 Å². The molecule has 1 aliphatic heterocycles. The zero-order valence-electron chi connectivity index (χ0n) is 10.8. The maximum absolute atomic E-state index is 5.92. The van der Waals surface area contributed by atoms with E-state index in [0.717, 1.165) is 30.9 Å². The highest BCUT2D eigenvalue weighted by atomic mass is 35.5. The van der Waals surface area contributed by atoms with E-state index in [4.69, 9.17) is 16.3 Å². The van der Waals surface area contributed by atoms with Crippen molar-refractivity contribution in [1.29, 1.82) is 0 Å². The molecule has 0 spiro atoms. The van der Waals surface area contributed by atoms with Gasteiger partial charge in [-0.05, 0) is 43.9 Å². The Morgan fingerprint density at radius 2 is 2.18 bits per heavy atom. The summed E-state index contributed by atoms with van der Waals surface area (Å²) in [7, 11) is 0. The summed E-state index contributed by atoms with van der Waals surface area (Å²) in [5.74, 6) is 3.69. The van der Waals surface area contributed by atoms with Crippen LogP contribution in [0.1, 0.15) is 32.6 Å². The second-order valence-electron chi connectivity index (χ2n) is 6.35. The standard InChI is InChI=1S/C14H24ClNO/c1-10-9-17-14(6-15)8-16(10)7-13-5-11-2-3-12(13)4-11/h10-14H,2-9H2,1H3. The Bertz CT molecular complexity index is 273. The number of ether oxygens (including phenoxy) is 1. The molecular weight excluding hydrogens is 234 g/mol. The molecule has 2 nitrogen and oxygen atoms in total. The molecule has 0 amide bonds.